The van der Waals surface area contributed by atoms with Crippen LogP contribution in [0.4, 0.5) is 0 Å². The van der Waals surface area contributed by atoms with E-state index in [2.05, 4.69) is 25.9 Å². The summed E-state index contributed by atoms with van der Waals surface area (Å²) in [5.74, 6) is -0.599. The molecule has 0 saturated heterocycles. The minimum absolute atomic E-state index is 0.256. The summed E-state index contributed by atoms with van der Waals surface area (Å²) in [5, 5.41) is 1.32. The zero-order valence-electron chi connectivity index (χ0n) is 10.0. The van der Waals surface area contributed by atoms with Gasteiger partial charge in [-0.15, -0.1) is 0 Å². The highest BCUT2D eigenvalue weighted by atomic mass is 79.9. The van der Waals surface area contributed by atoms with Crippen LogP contribution in [0.25, 0.3) is 22.2 Å². The molecule has 0 atom stereocenters. The second-order valence-electron chi connectivity index (χ2n) is 4.25. The van der Waals surface area contributed by atoms with E-state index in [-0.39, 0.29) is 5.69 Å². The first-order valence-corrected chi connectivity index (χ1v) is 6.93. The van der Waals surface area contributed by atoms with Gasteiger partial charge in [-0.2, -0.15) is 0 Å². The van der Waals surface area contributed by atoms with Crippen LogP contribution in [0.3, 0.4) is 0 Å². The Bertz CT molecular complexity index is 821. The first-order chi connectivity index (χ1) is 9.61. The van der Waals surface area contributed by atoms with Crippen LogP contribution in [0.1, 0.15) is 10.5 Å². The van der Waals surface area contributed by atoms with Crippen LogP contribution in [0, 0.1) is 0 Å². The average molecular weight is 352 g/mol. The smallest absolute Gasteiger partial charge is 0.242 e. The van der Waals surface area contributed by atoms with Crippen LogP contribution in [0.15, 0.2) is 34.9 Å². The van der Waals surface area contributed by atoms with Crippen molar-refractivity contribution >= 4 is 50.5 Å². The van der Waals surface area contributed by atoms with Crippen molar-refractivity contribution < 1.29 is 9.59 Å². The van der Waals surface area contributed by atoms with Gasteiger partial charge in [-0.1, -0.05) is 11.6 Å². The van der Waals surface area contributed by atoms with E-state index in [4.69, 9.17) is 11.6 Å². The van der Waals surface area contributed by atoms with Crippen LogP contribution >= 0.6 is 27.5 Å². The number of hydrogen-bond acceptors (Lipinski definition) is 2. The topological polar surface area (TPSA) is 65.7 Å². The molecule has 0 spiro atoms. The van der Waals surface area contributed by atoms with E-state index in [0.717, 1.165) is 21.1 Å². The molecule has 4 nitrogen and oxygen atoms in total. The van der Waals surface area contributed by atoms with Gasteiger partial charge in [0.25, 0.3) is 0 Å². The maximum Gasteiger partial charge on any atom is 0.242 e. The molecule has 20 heavy (non-hydrogen) atoms. The molecule has 3 rings (SSSR count). The fraction of sp³-hybridized carbons (Fsp3) is 0. The average Bonchev–Trinajstić information content (AvgIpc) is 3.05. The lowest BCUT2D eigenvalue weighted by atomic mass is 10.1. The van der Waals surface area contributed by atoms with Gasteiger partial charge in [0, 0.05) is 32.8 Å². The third-order valence-electron chi connectivity index (χ3n) is 3.06. The summed E-state index contributed by atoms with van der Waals surface area (Å²) in [7, 11) is 0. The zero-order chi connectivity index (χ0) is 14.3. The molecule has 0 aliphatic rings. The van der Waals surface area contributed by atoms with E-state index in [1.165, 1.54) is 0 Å². The predicted molar refractivity (Wildman–Crippen MR) is 81.2 cm³/mol. The minimum atomic E-state index is -0.599. The van der Waals surface area contributed by atoms with Crippen molar-refractivity contribution in [3.8, 4) is 11.3 Å². The number of carbonyl (C=O) groups excluding carboxylic acids is 2. The monoisotopic (exact) mass is 350 g/mol. The summed E-state index contributed by atoms with van der Waals surface area (Å²) in [6, 6.07) is 7.20. The Balaban J connectivity index is 2.41. The van der Waals surface area contributed by atoms with Gasteiger partial charge in [0.2, 0.25) is 5.78 Å². The number of aldehydes is 1. The third-order valence-corrected chi connectivity index (χ3v) is 4.26. The van der Waals surface area contributed by atoms with E-state index < -0.39 is 5.78 Å². The van der Waals surface area contributed by atoms with Gasteiger partial charge in [0.1, 0.15) is 5.69 Å². The molecule has 3 aromatic rings. The molecular weight excluding hydrogens is 344 g/mol. The highest BCUT2D eigenvalue weighted by Crippen LogP contribution is 2.36. The van der Waals surface area contributed by atoms with Gasteiger partial charge in [-0.05, 0) is 40.2 Å². The first kappa shape index (κ1) is 13.1. The Morgan fingerprint density at radius 1 is 1.35 bits per heavy atom. The Hall–Kier alpha value is -1.85. The van der Waals surface area contributed by atoms with Crippen molar-refractivity contribution in [3.63, 3.8) is 0 Å². The van der Waals surface area contributed by atoms with E-state index in [1.807, 2.05) is 12.1 Å². The van der Waals surface area contributed by atoms with E-state index in [0.29, 0.717) is 16.9 Å². The molecule has 2 aromatic heterocycles. The maximum absolute atomic E-state index is 11.8. The molecule has 2 heterocycles. The number of nitrogens with one attached hydrogen (secondary N) is 2. The summed E-state index contributed by atoms with van der Waals surface area (Å²) in [6.45, 7) is 0. The number of carbonyl (C=O) groups is 2. The molecule has 0 saturated carbocycles. The fourth-order valence-electron chi connectivity index (χ4n) is 2.20. The summed E-state index contributed by atoms with van der Waals surface area (Å²) in [5.41, 5.74) is 2.39. The van der Waals surface area contributed by atoms with Crippen molar-refractivity contribution in [1.29, 1.82) is 0 Å². The lowest BCUT2D eigenvalue weighted by Crippen LogP contribution is -2.02. The van der Waals surface area contributed by atoms with Crippen molar-refractivity contribution in [2.45, 2.75) is 0 Å². The van der Waals surface area contributed by atoms with Crippen molar-refractivity contribution in [1.82, 2.24) is 9.97 Å². The molecule has 0 aliphatic heterocycles. The molecule has 0 aliphatic carbocycles. The fourth-order valence-corrected chi connectivity index (χ4v) is 2.71. The third kappa shape index (κ3) is 1.99. The van der Waals surface area contributed by atoms with E-state index in [9.17, 15) is 9.59 Å². The lowest BCUT2D eigenvalue weighted by Gasteiger charge is -2.00. The van der Waals surface area contributed by atoms with Crippen LogP contribution in [0.5, 0.6) is 0 Å². The molecule has 1 aromatic carbocycles. The van der Waals surface area contributed by atoms with Gasteiger partial charge in [-0.25, -0.2) is 0 Å². The number of halogens is 2. The SMILES string of the molecule is O=CC(=O)c1[nH]c2cc(Br)c(Cl)cc2c1-c1ccc[nH]1. The molecule has 100 valence electrons. The van der Waals surface area contributed by atoms with Crippen molar-refractivity contribution in [2.75, 3.05) is 0 Å². The maximum atomic E-state index is 11.8. The number of hydrogen-bond donors (Lipinski definition) is 2. The Morgan fingerprint density at radius 3 is 2.80 bits per heavy atom. The highest BCUT2D eigenvalue weighted by Gasteiger charge is 2.20. The van der Waals surface area contributed by atoms with Crippen LogP contribution in [-0.4, -0.2) is 22.0 Å². The zero-order valence-corrected chi connectivity index (χ0v) is 12.4. The van der Waals surface area contributed by atoms with Gasteiger partial charge in [0.15, 0.2) is 6.29 Å². The van der Waals surface area contributed by atoms with Crippen LogP contribution in [-0.2, 0) is 4.79 Å². The number of aromatic amines is 2. The van der Waals surface area contributed by atoms with Crippen molar-refractivity contribution in [2.24, 2.45) is 0 Å². The standard InChI is InChI=1S/C14H8BrClN2O2/c15-8-5-11-7(4-9(8)16)13(10-2-1-3-17-10)14(18-11)12(20)6-19/h1-6,17-18H. The van der Waals surface area contributed by atoms with Gasteiger partial charge in [-0.3, -0.25) is 9.59 Å². The number of benzene rings is 1. The molecule has 0 fully saturated rings. The number of aromatic nitrogens is 2. The number of Topliss-reactive ketones (excluding diaryl/α,β-unsaturated/α-hetero) is 1. The molecule has 2 N–H and O–H groups in total. The van der Waals surface area contributed by atoms with Gasteiger partial charge < -0.3 is 9.97 Å². The predicted octanol–water partition coefficient (Wildman–Crippen LogP) is 3.96. The molecular formula is C14H8BrClN2O2. The molecule has 0 radical (unpaired) electrons. The minimum Gasteiger partial charge on any atom is -0.361 e. The van der Waals surface area contributed by atoms with Crippen LogP contribution in [0.2, 0.25) is 5.02 Å². The van der Waals surface area contributed by atoms with Gasteiger partial charge in [0.05, 0.1) is 5.02 Å². The summed E-state index contributed by atoms with van der Waals surface area (Å²) >= 11 is 9.46. The molecule has 0 unspecified atom stereocenters. The Kier molecular flexibility index (Phi) is 3.23. The second-order valence-corrected chi connectivity index (χ2v) is 5.51. The van der Waals surface area contributed by atoms with Gasteiger partial charge >= 0.3 is 0 Å². The molecule has 6 heteroatoms. The second kappa shape index (κ2) is 4.92. The number of rotatable bonds is 3. The Labute approximate surface area is 127 Å². The number of fused-ring (bicyclic) bond motifs is 1. The van der Waals surface area contributed by atoms with Crippen molar-refractivity contribution in [3.05, 3.63) is 45.7 Å². The quantitative estimate of drug-likeness (QED) is 0.426. The van der Waals surface area contributed by atoms with Crippen LogP contribution < -0.4 is 0 Å². The summed E-state index contributed by atoms with van der Waals surface area (Å²) in [4.78, 5) is 28.7. The normalized spacial score (nSPS) is 10.9. The highest BCUT2D eigenvalue weighted by molar-refractivity contribution is 9.10. The number of ketones is 1. The first-order valence-electron chi connectivity index (χ1n) is 5.76. The largest absolute Gasteiger partial charge is 0.361 e. The number of H-pyrrole nitrogens is 2. The molecule has 0 amide bonds. The van der Waals surface area contributed by atoms with E-state index >= 15 is 0 Å². The Morgan fingerprint density at radius 2 is 2.15 bits per heavy atom. The summed E-state index contributed by atoms with van der Waals surface area (Å²) < 4.78 is 0.719. The lowest BCUT2D eigenvalue weighted by molar-refractivity contribution is -0.104. The van der Waals surface area contributed by atoms with E-state index in [1.54, 1.807) is 18.3 Å². The molecule has 0 bridgehead atoms. The summed E-state index contributed by atoms with van der Waals surface area (Å²) in [6.07, 6.45) is 2.05.